The molecule has 0 aliphatic rings. The van der Waals surface area contributed by atoms with Crippen molar-refractivity contribution < 1.29 is 0 Å². The Morgan fingerprint density at radius 1 is 1.07 bits per heavy atom. The van der Waals surface area contributed by atoms with E-state index in [4.69, 9.17) is 11.6 Å². The third kappa shape index (κ3) is 2.11. The predicted molar refractivity (Wildman–Crippen MR) is 60.2 cm³/mol. The second kappa shape index (κ2) is 4.07. The molecule has 2 nitrogen and oxygen atoms in total. The maximum Gasteiger partial charge on any atom is 0.129 e. The molecule has 2 rings (SSSR count). The van der Waals surface area contributed by atoms with Crippen molar-refractivity contribution in [1.29, 1.82) is 0 Å². The number of halogens is 2. The molecule has 14 heavy (non-hydrogen) atoms. The first-order valence-corrected chi connectivity index (χ1v) is 5.17. The van der Waals surface area contributed by atoms with Gasteiger partial charge in [-0.05, 0) is 40.2 Å². The highest BCUT2D eigenvalue weighted by molar-refractivity contribution is 9.10. The summed E-state index contributed by atoms with van der Waals surface area (Å²) in [5.74, 6) is 0. The summed E-state index contributed by atoms with van der Waals surface area (Å²) >= 11 is 9.10. The molecular formula is C10H6BrClN2. The van der Waals surface area contributed by atoms with Crippen molar-refractivity contribution in [3.05, 3.63) is 46.2 Å². The van der Waals surface area contributed by atoms with Crippen LogP contribution >= 0.6 is 27.5 Å². The van der Waals surface area contributed by atoms with Gasteiger partial charge in [0.1, 0.15) is 5.15 Å². The number of hydrogen-bond acceptors (Lipinski definition) is 2. The van der Waals surface area contributed by atoms with Gasteiger partial charge in [0, 0.05) is 10.7 Å². The van der Waals surface area contributed by atoms with Gasteiger partial charge in [0.15, 0.2) is 0 Å². The number of aromatic nitrogens is 2. The first-order valence-electron chi connectivity index (χ1n) is 4.00. The van der Waals surface area contributed by atoms with Crippen molar-refractivity contribution >= 4 is 27.5 Å². The molecule has 0 fully saturated rings. The molecule has 0 atom stereocenters. The van der Waals surface area contributed by atoms with Crippen molar-refractivity contribution in [3.8, 4) is 11.4 Å². The Morgan fingerprint density at radius 3 is 2.57 bits per heavy atom. The summed E-state index contributed by atoms with van der Waals surface area (Å²) in [7, 11) is 0. The lowest BCUT2D eigenvalue weighted by molar-refractivity contribution is 1.24. The van der Waals surface area contributed by atoms with E-state index in [2.05, 4.69) is 25.9 Å². The van der Waals surface area contributed by atoms with E-state index in [9.17, 15) is 0 Å². The Morgan fingerprint density at radius 2 is 1.93 bits per heavy atom. The largest absolute Gasteiger partial charge is 0.253 e. The Labute approximate surface area is 95.1 Å². The average Bonchev–Trinajstić information content (AvgIpc) is 2.19. The van der Waals surface area contributed by atoms with Crippen molar-refractivity contribution in [3.63, 3.8) is 0 Å². The van der Waals surface area contributed by atoms with Crippen molar-refractivity contribution in [2.75, 3.05) is 0 Å². The highest BCUT2D eigenvalue weighted by atomic mass is 79.9. The molecule has 2 heterocycles. The Balaban J connectivity index is 2.44. The quantitative estimate of drug-likeness (QED) is 0.740. The molecule has 0 N–H and O–H groups in total. The maximum atomic E-state index is 5.78. The smallest absolute Gasteiger partial charge is 0.129 e. The Kier molecular flexibility index (Phi) is 2.79. The van der Waals surface area contributed by atoms with Crippen LogP contribution in [0.15, 0.2) is 41.0 Å². The fourth-order valence-electron chi connectivity index (χ4n) is 1.08. The van der Waals surface area contributed by atoms with Gasteiger partial charge in [-0.1, -0.05) is 17.7 Å². The lowest BCUT2D eigenvalue weighted by Crippen LogP contribution is -1.86. The number of nitrogens with zero attached hydrogens (tertiary/aromatic N) is 2. The Hall–Kier alpha value is -0.930. The lowest BCUT2D eigenvalue weighted by atomic mass is 10.2. The van der Waals surface area contributed by atoms with Crippen molar-refractivity contribution in [2.45, 2.75) is 0 Å². The summed E-state index contributed by atoms with van der Waals surface area (Å²) in [6.07, 6.45) is 1.73. The van der Waals surface area contributed by atoms with Crippen molar-refractivity contribution in [2.24, 2.45) is 0 Å². The molecule has 0 aromatic carbocycles. The van der Waals surface area contributed by atoms with Crippen molar-refractivity contribution in [1.82, 2.24) is 9.97 Å². The average molecular weight is 270 g/mol. The minimum absolute atomic E-state index is 0.479. The summed E-state index contributed by atoms with van der Waals surface area (Å²) in [4.78, 5) is 8.38. The van der Waals surface area contributed by atoms with Gasteiger partial charge in [-0.25, -0.2) is 4.98 Å². The molecule has 0 aliphatic heterocycles. The summed E-state index contributed by atoms with van der Waals surface area (Å²) in [5, 5.41) is 0.479. The molecule has 0 spiro atoms. The van der Waals surface area contributed by atoms with Gasteiger partial charge in [0.2, 0.25) is 0 Å². The van der Waals surface area contributed by atoms with Crippen LogP contribution in [0.3, 0.4) is 0 Å². The molecule has 70 valence electrons. The zero-order valence-electron chi connectivity index (χ0n) is 7.11. The summed E-state index contributed by atoms with van der Waals surface area (Å²) in [6, 6.07) is 9.29. The van der Waals surface area contributed by atoms with Gasteiger partial charge < -0.3 is 0 Å². The monoisotopic (exact) mass is 268 g/mol. The summed E-state index contributed by atoms with van der Waals surface area (Å²) in [6.45, 7) is 0. The highest BCUT2D eigenvalue weighted by Gasteiger charge is 2.00. The van der Waals surface area contributed by atoms with Crippen LogP contribution in [0.4, 0.5) is 0 Å². The second-order valence-corrected chi connectivity index (χ2v) is 4.01. The number of hydrogen-bond donors (Lipinski definition) is 0. The molecular weight excluding hydrogens is 263 g/mol. The zero-order chi connectivity index (χ0) is 9.97. The summed E-state index contributed by atoms with van der Waals surface area (Å²) in [5.41, 5.74) is 1.60. The molecule has 0 radical (unpaired) electrons. The molecule has 0 unspecified atom stereocenters. The van der Waals surface area contributed by atoms with Gasteiger partial charge in [0.25, 0.3) is 0 Å². The van der Waals surface area contributed by atoms with Crippen LogP contribution < -0.4 is 0 Å². The molecule has 0 aliphatic carbocycles. The summed E-state index contributed by atoms with van der Waals surface area (Å²) < 4.78 is 0.947. The van der Waals surface area contributed by atoms with Crippen LogP contribution in [0.5, 0.6) is 0 Å². The van der Waals surface area contributed by atoms with Crippen LogP contribution in [-0.4, -0.2) is 9.97 Å². The number of rotatable bonds is 1. The highest BCUT2D eigenvalue weighted by Crippen LogP contribution is 2.18. The van der Waals surface area contributed by atoms with Crippen LogP contribution in [0.25, 0.3) is 11.4 Å². The molecule has 0 amide bonds. The molecule has 2 aromatic heterocycles. The van der Waals surface area contributed by atoms with Gasteiger partial charge >= 0.3 is 0 Å². The normalized spacial score (nSPS) is 10.1. The first kappa shape index (κ1) is 9.62. The van der Waals surface area contributed by atoms with Gasteiger partial charge in [0.05, 0.1) is 11.4 Å². The molecule has 4 heteroatoms. The van der Waals surface area contributed by atoms with E-state index in [1.165, 1.54) is 0 Å². The molecule has 0 saturated heterocycles. The van der Waals surface area contributed by atoms with Gasteiger partial charge in [-0.15, -0.1) is 0 Å². The lowest BCUT2D eigenvalue weighted by Gasteiger charge is -1.99. The zero-order valence-corrected chi connectivity index (χ0v) is 9.46. The second-order valence-electron chi connectivity index (χ2n) is 2.71. The maximum absolute atomic E-state index is 5.78. The topological polar surface area (TPSA) is 25.8 Å². The SMILES string of the molecule is Clc1cccc(-c2ccc(Br)cn2)n1. The van der Waals surface area contributed by atoms with E-state index < -0.39 is 0 Å². The first-order chi connectivity index (χ1) is 6.75. The standard InChI is InChI=1S/C10H6BrClN2/c11-7-4-5-8(13-6-7)9-2-1-3-10(12)14-9/h1-6H. The van der Waals surface area contributed by atoms with E-state index >= 15 is 0 Å². The van der Waals surface area contributed by atoms with Gasteiger partial charge in [-0.3, -0.25) is 4.98 Å². The van der Waals surface area contributed by atoms with Crippen LogP contribution in [0.2, 0.25) is 5.15 Å². The van der Waals surface area contributed by atoms with Gasteiger partial charge in [-0.2, -0.15) is 0 Å². The van der Waals surface area contributed by atoms with Crippen LogP contribution in [-0.2, 0) is 0 Å². The molecule has 0 bridgehead atoms. The third-order valence-corrected chi connectivity index (χ3v) is 2.38. The van der Waals surface area contributed by atoms with E-state index in [0.29, 0.717) is 5.15 Å². The minimum Gasteiger partial charge on any atom is -0.253 e. The third-order valence-electron chi connectivity index (χ3n) is 1.70. The molecule has 2 aromatic rings. The number of pyridine rings is 2. The van der Waals surface area contributed by atoms with E-state index in [1.807, 2.05) is 24.3 Å². The van der Waals surface area contributed by atoms with E-state index in [1.54, 1.807) is 12.3 Å². The van der Waals surface area contributed by atoms with E-state index in [0.717, 1.165) is 15.9 Å². The fourth-order valence-corrected chi connectivity index (χ4v) is 1.48. The van der Waals surface area contributed by atoms with Crippen LogP contribution in [0.1, 0.15) is 0 Å². The minimum atomic E-state index is 0.479. The fraction of sp³-hybridized carbons (Fsp3) is 0. The van der Waals surface area contributed by atoms with E-state index in [-0.39, 0.29) is 0 Å². The predicted octanol–water partition coefficient (Wildman–Crippen LogP) is 3.56. The Bertz CT molecular complexity index is 442. The molecule has 0 saturated carbocycles. The van der Waals surface area contributed by atoms with Crippen LogP contribution in [0, 0.1) is 0 Å².